The van der Waals surface area contributed by atoms with Crippen molar-refractivity contribution in [2.75, 3.05) is 0 Å². The van der Waals surface area contributed by atoms with Crippen molar-refractivity contribution < 1.29 is 8.42 Å². The average molecular weight is 384 g/mol. The Hall–Kier alpha value is -3.13. The van der Waals surface area contributed by atoms with Gasteiger partial charge in [-0.25, -0.2) is 9.51 Å². The molecule has 0 amide bonds. The van der Waals surface area contributed by atoms with E-state index in [2.05, 4.69) is 15.0 Å². The molecule has 0 aliphatic rings. The van der Waals surface area contributed by atoms with E-state index in [1.807, 2.05) is 38.1 Å². The van der Waals surface area contributed by atoms with Crippen LogP contribution in [0.2, 0.25) is 0 Å². The van der Waals surface area contributed by atoms with Crippen molar-refractivity contribution in [3.05, 3.63) is 81.3 Å². The van der Waals surface area contributed by atoms with Gasteiger partial charge in [-0.05, 0) is 45.0 Å². The van der Waals surface area contributed by atoms with Crippen LogP contribution in [0, 0.1) is 20.8 Å². The van der Waals surface area contributed by atoms with Crippen molar-refractivity contribution in [2.24, 2.45) is 5.10 Å². The molecule has 0 radical (unpaired) electrons. The van der Waals surface area contributed by atoms with Crippen LogP contribution in [0.25, 0.3) is 5.69 Å². The Bertz CT molecular complexity index is 1140. The number of hydrogen-bond acceptors (Lipinski definition) is 4. The van der Waals surface area contributed by atoms with Gasteiger partial charge >= 0.3 is 0 Å². The topological polar surface area (TPSA) is 96.3 Å². The molecule has 1 heterocycles. The summed E-state index contributed by atoms with van der Waals surface area (Å²) in [5, 5.41) is 6.73. The summed E-state index contributed by atoms with van der Waals surface area (Å²) < 4.78 is 25.9. The lowest BCUT2D eigenvalue weighted by Crippen LogP contribution is -2.20. The SMILES string of the molecule is Cc1ccc(-n2[nH]c(C)c(/C=N/NS(=O)(=O)c3ccc(C)cc3)c2=O)cc1. The molecule has 0 spiro atoms. The molecule has 3 rings (SSSR count). The molecule has 3 aromatic rings. The summed E-state index contributed by atoms with van der Waals surface area (Å²) in [5.74, 6) is 0. The Morgan fingerprint density at radius 2 is 1.52 bits per heavy atom. The molecule has 2 aromatic carbocycles. The predicted octanol–water partition coefficient (Wildman–Crippen LogP) is 2.40. The number of rotatable bonds is 5. The Kier molecular flexibility index (Phi) is 5.00. The van der Waals surface area contributed by atoms with Gasteiger partial charge in [0.25, 0.3) is 15.6 Å². The highest BCUT2D eigenvalue weighted by Gasteiger charge is 2.13. The highest BCUT2D eigenvalue weighted by Crippen LogP contribution is 2.10. The van der Waals surface area contributed by atoms with Gasteiger partial charge in [0.15, 0.2) is 0 Å². The van der Waals surface area contributed by atoms with Crippen LogP contribution < -0.4 is 10.4 Å². The zero-order valence-corrected chi connectivity index (χ0v) is 16.0. The first-order valence-electron chi connectivity index (χ1n) is 8.28. The van der Waals surface area contributed by atoms with Crippen molar-refractivity contribution in [3.63, 3.8) is 0 Å². The number of aryl methyl sites for hydroxylation is 3. The van der Waals surface area contributed by atoms with Crippen molar-refractivity contribution >= 4 is 16.2 Å². The molecule has 0 bridgehead atoms. The van der Waals surface area contributed by atoms with Crippen LogP contribution in [0.15, 0.2) is 63.3 Å². The molecule has 140 valence electrons. The second-order valence-corrected chi connectivity index (χ2v) is 7.95. The molecule has 0 fully saturated rings. The first-order chi connectivity index (χ1) is 12.8. The number of benzene rings is 2. The number of nitrogens with zero attached hydrogens (tertiary/aromatic N) is 2. The molecule has 0 aliphatic carbocycles. The molecular formula is C19H20N4O3S. The summed E-state index contributed by atoms with van der Waals surface area (Å²) in [6, 6.07) is 13.9. The lowest BCUT2D eigenvalue weighted by molar-refractivity contribution is 0.584. The van der Waals surface area contributed by atoms with Gasteiger partial charge in [-0.15, -0.1) is 0 Å². The number of aromatic amines is 1. The fraction of sp³-hybridized carbons (Fsp3) is 0.158. The summed E-state index contributed by atoms with van der Waals surface area (Å²) in [4.78, 5) is 14.8. The van der Waals surface area contributed by atoms with Crippen LogP contribution in [-0.2, 0) is 10.0 Å². The van der Waals surface area contributed by atoms with Crippen LogP contribution in [0.4, 0.5) is 0 Å². The van der Waals surface area contributed by atoms with Gasteiger partial charge in [0.1, 0.15) is 0 Å². The third-order valence-corrected chi connectivity index (χ3v) is 5.35. The molecule has 2 N–H and O–H groups in total. The normalized spacial score (nSPS) is 11.8. The monoisotopic (exact) mass is 384 g/mol. The van der Waals surface area contributed by atoms with Crippen LogP contribution in [-0.4, -0.2) is 24.4 Å². The molecular weight excluding hydrogens is 364 g/mol. The van der Waals surface area contributed by atoms with Gasteiger partial charge in [-0.1, -0.05) is 35.4 Å². The summed E-state index contributed by atoms with van der Waals surface area (Å²) in [6.07, 6.45) is 1.21. The quantitative estimate of drug-likeness (QED) is 0.522. The van der Waals surface area contributed by atoms with E-state index >= 15 is 0 Å². The van der Waals surface area contributed by atoms with E-state index in [-0.39, 0.29) is 16.0 Å². The molecule has 1 aromatic heterocycles. The number of aromatic nitrogens is 2. The number of hydrazone groups is 1. The first-order valence-corrected chi connectivity index (χ1v) is 9.76. The smallest absolute Gasteiger partial charge is 0.280 e. The highest BCUT2D eigenvalue weighted by molar-refractivity contribution is 7.89. The van der Waals surface area contributed by atoms with E-state index in [4.69, 9.17) is 0 Å². The zero-order valence-electron chi connectivity index (χ0n) is 15.2. The summed E-state index contributed by atoms with van der Waals surface area (Å²) in [7, 11) is -3.79. The minimum atomic E-state index is -3.79. The maximum absolute atomic E-state index is 12.6. The van der Waals surface area contributed by atoms with Gasteiger partial charge in [0.2, 0.25) is 0 Å². The van der Waals surface area contributed by atoms with E-state index in [0.717, 1.165) is 11.1 Å². The molecule has 27 heavy (non-hydrogen) atoms. The average Bonchev–Trinajstić information content (AvgIpc) is 2.91. The summed E-state index contributed by atoms with van der Waals surface area (Å²) >= 11 is 0. The van der Waals surface area contributed by atoms with Crippen LogP contribution >= 0.6 is 0 Å². The van der Waals surface area contributed by atoms with Crippen molar-refractivity contribution in [2.45, 2.75) is 25.7 Å². The van der Waals surface area contributed by atoms with Gasteiger partial charge < -0.3 is 0 Å². The van der Waals surface area contributed by atoms with Crippen LogP contribution in [0.5, 0.6) is 0 Å². The Balaban J connectivity index is 1.84. The lowest BCUT2D eigenvalue weighted by Gasteiger charge is -2.03. The van der Waals surface area contributed by atoms with Crippen molar-refractivity contribution in [3.8, 4) is 5.69 Å². The van der Waals surface area contributed by atoms with E-state index in [0.29, 0.717) is 11.4 Å². The zero-order chi connectivity index (χ0) is 19.6. The Labute approximate surface area is 157 Å². The van der Waals surface area contributed by atoms with E-state index in [1.165, 1.54) is 23.0 Å². The first kappa shape index (κ1) is 18.7. The minimum Gasteiger partial charge on any atom is -0.295 e. The second-order valence-electron chi connectivity index (χ2n) is 6.29. The summed E-state index contributed by atoms with van der Waals surface area (Å²) in [6.45, 7) is 5.56. The highest BCUT2D eigenvalue weighted by atomic mass is 32.2. The fourth-order valence-corrected chi connectivity index (χ4v) is 3.31. The second kappa shape index (κ2) is 7.24. The predicted molar refractivity (Wildman–Crippen MR) is 105 cm³/mol. The summed E-state index contributed by atoms with van der Waals surface area (Å²) in [5.41, 5.74) is 3.28. The molecule has 7 nitrogen and oxygen atoms in total. The lowest BCUT2D eigenvalue weighted by atomic mass is 10.2. The number of hydrogen-bond donors (Lipinski definition) is 2. The minimum absolute atomic E-state index is 0.105. The fourth-order valence-electron chi connectivity index (χ4n) is 2.52. The van der Waals surface area contributed by atoms with Gasteiger partial charge in [0, 0.05) is 5.69 Å². The standard InChI is InChI=1S/C19H20N4O3S/c1-13-4-8-16(9-5-13)23-19(24)18(15(3)21-23)12-20-22-27(25,26)17-10-6-14(2)7-11-17/h4-12,21-22H,1-3H3/b20-12+. The molecule has 0 unspecified atom stereocenters. The molecule has 0 saturated heterocycles. The number of sulfonamides is 1. The molecule has 8 heteroatoms. The van der Waals surface area contributed by atoms with Crippen molar-refractivity contribution in [1.82, 2.24) is 14.6 Å². The van der Waals surface area contributed by atoms with Crippen molar-refractivity contribution in [1.29, 1.82) is 0 Å². The third kappa shape index (κ3) is 4.01. The van der Waals surface area contributed by atoms with Crippen LogP contribution in [0.3, 0.4) is 0 Å². The van der Waals surface area contributed by atoms with Gasteiger partial charge in [0.05, 0.1) is 22.4 Å². The van der Waals surface area contributed by atoms with Crippen LogP contribution in [0.1, 0.15) is 22.4 Å². The Morgan fingerprint density at radius 3 is 2.11 bits per heavy atom. The van der Waals surface area contributed by atoms with Gasteiger partial charge in [-0.3, -0.25) is 9.89 Å². The number of nitrogens with one attached hydrogen (secondary N) is 2. The van der Waals surface area contributed by atoms with E-state index in [9.17, 15) is 13.2 Å². The number of H-pyrrole nitrogens is 1. The third-order valence-electron chi connectivity index (χ3n) is 4.11. The van der Waals surface area contributed by atoms with E-state index in [1.54, 1.807) is 19.1 Å². The Morgan fingerprint density at radius 1 is 0.963 bits per heavy atom. The van der Waals surface area contributed by atoms with Gasteiger partial charge in [-0.2, -0.15) is 13.5 Å². The molecule has 0 aliphatic heterocycles. The largest absolute Gasteiger partial charge is 0.295 e. The van der Waals surface area contributed by atoms with E-state index < -0.39 is 10.0 Å². The molecule has 0 saturated carbocycles. The maximum atomic E-state index is 12.6. The maximum Gasteiger partial charge on any atom is 0.280 e. The molecule has 0 atom stereocenters.